The van der Waals surface area contributed by atoms with Gasteiger partial charge in [0.25, 0.3) is 0 Å². The van der Waals surface area contributed by atoms with E-state index in [1.165, 1.54) is 10.4 Å². The van der Waals surface area contributed by atoms with Crippen LogP contribution in [0.2, 0.25) is 0 Å². The number of ether oxygens (including phenoxy) is 1. The Balaban J connectivity index is 2.06. The van der Waals surface area contributed by atoms with Gasteiger partial charge < -0.3 is 4.74 Å². The Kier molecular flexibility index (Phi) is 4.31. The Hall–Kier alpha value is -1.42. The van der Waals surface area contributed by atoms with E-state index < -0.39 is 5.97 Å². The summed E-state index contributed by atoms with van der Waals surface area (Å²) < 4.78 is 4.77. The molecule has 0 amide bonds. The van der Waals surface area contributed by atoms with E-state index in [9.17, 15) is 9.59 Å². The fourth-order valence-electron chi connectivity index (χ4n) is 2.14. The molecule has 0 saturated carbocycles. The van der Waals surface area contributed by atoms with Crippen molar-refractivity contribution in [3.05, 3.63) is 28.0 Å². The smallest absolute Gasteiger partial charge is 0.313 e. The highest BCUT2D eigenvalue weighted by atomic mass is 32.1. The predicted octanol–water partition coefficient (Wildman–Crippen LogP) is 2.99. The van der Waals surface area contributed by atoms with E-state index in [1.807, 2.05) is 0 Å². The van der Waals surface area contributed by atoms with Crippen LogP contribution >= 0.6 is 11.3 Å². The first-order valence-corrected chi connectivity index (χ1v) is 7.04. The fraction of sp³-hybridized carbons (Fsp3) is 0.429. The minimum absolute atomic E-state index is 0.156. The highest BCUT2D eigenvalue weighted by molar-refractivity contribution is 7.10. The molecule has 96 valence electrons. The number of allylic oxidation sites excluding steroid dienone is 2. The number of carbonyl (C=O) groups is 2. The van der Waals surface area contributed by atoms with Gasteiger partial charge in [-0.2, -0.15) is 0 Å². The first-order valence-electron chi connectivity index (χ1n) is 6.16. The van der Waals surface area contributed by atoms with E-state index in [0.717, 1.165) is 24.8 Å². The van der Waals surface area contributed by atoms with Crippen LogP contribution in [-0.2, 0) is 20.7 Å². The van der Waals surface area contributed by atoms with Gasteiger partial charge in [-0.3, -0.25) is 9.59 Å². The van der Waals surface area contributed by atoms with Crippen molar-refractivity contribution in [2.45, 2.75) is 32.6 Å². The lowest BCUT2D eigenvalue weighted by molar-refractivity contribution is -0.144. The summed E-state index contributed by atoms with van der Waals surface area (Å²) in [5.41, 5.74) is 2.25. The number of esters is 1. The van der Waals surface area contributed by atoms with Gasteiger partial charge in [0.2, 0.25) is 0 Å². The van der Waals surface area contributed by atoms with Crippen LogP contribution in [-0.4, -0.2) is 18.4 Å². The Bertz CT molecular complexity index is 485. The van der Waals surface area contributed by atoms with Gasteiger partial charge in [-0.25, -0.2) is 0 Å². The second kappa shape index (κ2) is 5.96. The van der Waals surface area contributed by atoms with Crippen LogP contribution in [0, 0.1) is 0 Å². The predicted molar refractivity (Wildman–Crippen MR) is 71.5 cm³/mol. The van der Waals surface area contributed by atoms with E-state index in [2.05, 4.69) is 11.4 Å². The standard InChI is InChI=1S/C14H16O3S/c1-2-17-14(16)9-11(15)8-10-4-3-5-13-12(10)6-7-18-13/h6-8H,2-5,9H2,1H3/b10-8-. The Labute approximate surface area is 110 Å². The van der Waals surface area contributed by atoms with Crippen molar-refractivity contribution in [2.75, 3.05) is 6.61 Å². The Morgan fingerprint density at radius 3 is 3.06 bits per heavy atom. The number of fused-ring (bicyclic) bond motifs is 1. The first-order chi connectivity index (χ1) is 8.70. The average Bonchev–Trinajstić information content (AvgIpc) is 2.78. The van der Waals surface area contributed by atoms with Crippen molar-refractivity contribution in [2.24, 2.45) is 0 Å². The van der Waals surface area contributed by atoms with Crippen LogP contribution < -0.4 is 0 Å². The van der Waals surface area contributed by atoms with Crippen LogP contribution in [0.1, 0.15) is 36.6 Å². The highest BCUT2D eigenvalue weighted by Crippen LogP contribution is 2.34. The summed E-state index contributed by atoms with van der Waals surface area (Å²) in [4.78, 5) is 24.3. The number of hydrogen-bond acceptors (Lipinski definition) is 4. The summed E-state index contributed by atoms with van der Waals surface area (Å²) in [6, 6.07) is 2.06. The van der Waals surface area contributed by atoms with Crippen molar-refractivity contribution in [3.63, 3.8) is 0 Å². The summed E-state index contributed by atoms with van der Waals surface area (Å²) in [5.74, 6) is -0.608. The zero-order chi connectivity index (χ0) is 13.0. The van der Waals surface area contributed by atoms with Gasteiger partial charge >= 0.3 is 5.97 Å². The van der Waals surface area contributed by atoms with Crippen molar-refractivity contribution >= 4 is 28.7 Å². The van der Waals surface area contributed by atoms with Crippen molar-refractivity contribution < 1.29 is 14.3 Å². The third-order valence-electron chi connectivity index (χ3n) is 2.90. The molecule has 0 saturated heterocycles. The van der Waals surface area contributed by atoms with E-state index >= 15 is 0 Å². The molecule has 1 heterocycles. The number of rotatable bonds is 4. The summed E-state index contributed by atoms with van der Waals surface area (Å²) in [7, 11) is 0. The number of ketones is 1. The molecule has 1 aliphatic rings. The summed E-state index contributed by atoms with van der Waals surface area (Å²) in [5, 5.41) is 2.06. The molecule has 0 radical (unpaired) electrons. The zero-order valence-electron chi connectivity index (χ0n) is 10.4. The fourth-order valence-corrected chi connectivity index (χ4v) is 3.10. The Morgan fingerprint density at radius 2 is 2.28 bits per heavy atom. The number of hydrogen-bond donors (Lipinski definition) is 0. The largest absolute Gasteiger partial charge is 0.466 e. The summed E-state index contributed by atoms with van der Waals surface area (Å²) >= 11 is 1.73. The normalized spacial score (nSPS) is 16.4. The van der Waals surface area contributed by atoms with Gasteiger partial charge in [-0.15, -0.1) is 11.3 Å². The highest BCUT2D eigenvalue weighted by Gasteiger charge is 2.17. The molecule has 0 atom stereocenters. The van der Waals surface area contributed by atoms with E-state index in [-0.39, 0.29) is 12.2 Å². The molecule has 18 heavy (non-hydrogen) atoms. The lowest BCUT2D eigenvalue weighted by Crippen LogP contribution is -2.10. The lowest BCUT2D eigenvalue weighted by atomic mass is 9.92. The molecule has 1 aromatic rings. The van der Waals surface area contributed by atoms with Crippen LogP contribution in [0.25, 0.3) is 5.57 Å². The molecule has 2 rings (SSSR count). The minimum atomic E-state index is -0.444. The van der Waals surface area contributed by atoms with Gasteiger partial charge in [-0.05, 0) is 54.8 Å². The maximum absolute atomic E-state index is 11.8. The van der Waals surface area contributed by atoms with Gasteiger partial charge in [0.05, 0.1) is 6.61 Å². The second-order valence-corrected chi connectivity index (χ2v) is 5.23. The van der Waals surface area contributed by atoms with Crippen molar-refractivity contribution in [1.82, 2.24) is 0 Å². The zero-order valence-corrected chi connectivity index (χ0v) is 11.2. The number of aryl methyl sites for hydroxylation is 1. The first kappa shape index (κ1) is 13.0. The van der Waals surface area contributed by atoms with E-state index in [1.54, 1.807) is 24.3 Å². The van der Waals surface area contributed by atoms with Gasteiger partial charge in [-0.1, -0.05) is 0 Å². The minimum Gasteiger partial charge on any atom is -0.466 e. The second-order valence-electron chi connectivity index (χ2n) is 4.23. The lowest BCUT2D eigenvalue weighted by Gasteiger charge is -2.14. The maximum atomic E-state index is 11.8. The topological polar surface area (TPSA) is 43.4 Å². The van der Waals surface area contributed by atoms with Gasteiger partial charge in [0.15, 0.2) is 5.78 Å². The quantitative estimate of drug-likeness (QED) is 0.477. The summed E-state index contributed by atoms with van der Waals surface area (Å²) in [6.07, 6.45) is 4.54. The third kappa shape index (κ3) is 3.07. The van der Waals surface area contributed by atoms with Crippen LogP contribution in [0.15, 0.2) is 17.5 Å². The van der Waals surface area contributed by atoms with Crippen molar-refractivity contribution in [1.29, 1.82) is 0 Å². The monoisotopic (exact) mass is 264 g/mol. The molecular weight excluding hydrogens is 248 g/mol. The Morgan fingerprint density at radius 1 is 1.44 bits per heavy atom. The molecular formula is C14H16O3S. The molecule has 0 aromatic carbocycles. The molecule has 1 aromatic heterocycles. The van der Waals surface area contributed by atoms with Gasteiger partial charge in [0, 0.05) is 4.88 Å². The maximum Gasteiger partial charge on any atom is 0.313 e. The molecule has 3 nitrogen and oxygen atoms in total. The van der Waals surface area contributed by atoms with Gasteiger partial charge in [0.1, 0.15) is 6.42 Å². The average molecular weight is 264 g/mol. The third-order valence-corrected chi connectivity index (χ3v) is 3.88. The van der Waals surface area contributed by atoms with Crippen LogP contribution in [0.4, 0.5) is 0 Å². The SMILES string of the molecule is CCOC(=O)CC(=O)/C=C1/CCCc2sccc21. The van der Waals surface area contributed by atoms with E-state index in [4.69, 9.17) is 4.74 Å². The number of carbonyl (C=O) groups excluding carboxylic acids is 2. The molecule has 0 spiro atoms. The molecule has 4 heteroatoms. The van der Waals surface area contributed by atoms with Crippen LogP contribution in [0.5, 0.6) is 0 Å². The molecule has 0 aliphatic heterocycles. The molecule has 0 N–H and O–H groups in total. The summed E-state index contributed by atoms with van der Waals surface area (Å²) in [6.45, 7) is 2.05. The molecule has 0 fully saturated rings. The number of thiophene rings is 1. The van der Waals surface area contributed by atoms with Crippen LogP contribution in [0.3, 0.4) is 0 Å². The molecule has 1 aliphatic carbocycles. The van der Waals surface area contributed by atoms with Crippen molar-refractivity contribution in [3.8, 4) is 0 Å². The molecule has 0 bridgehead atoms. The van der Waals surface area contributed by atoms with E-state index in [0.29, 0.717) is 6.61 Å². The molecule has 0 unspecified atom stereocenters.